The van der Waals surface area contributed by atoms with Crippen LogP contribution in [0.4, 0.5) is 4.39 Å². The van der Waals surface area contributed by atoms with E-state index in [9.17, 15) is 9.18 Å². The number of methoxy groups -OCH3 is 1. The molecule has 0 saturated carbocycles. The van der Waals surface area contributed by atoms with Gasteiger partial charge in [0.2, 0.25) is 0 Å². The van der Waals surface area contributed by atoms with Gasteiger partial charge in [-0.1, -0.05) is 6.92 Å². The van der Waals surface area contributed by atoms with E-state index in [2.05, 4.69) is 17.1 Å². The van der Waals surface area contributed by atoms with Gasteiger partial charge in [-0.25, -0.2) is 9.18 Å². The van der Waals surface area contributed by atoms with Gasteiger partial charge in [-0.3, -0.25) is 4.90 Å². The quantitative estimate of drug-likeness (QED) is 0.842. The molecule has 136 valence electrons. The molecule has 1 N–H and O–H groups in total. The summed E-state index contributed by atoms with van der Waals surface area (Å²) in [4.78, 5) is 14.2. The number of carbonyl (C=O) groups is 1. The maximum absolute atomic E-state index is 14.6. The Hall–Kier alpha value is -1.50. The fourth-order valence-electron chi connectivity index (χ4n) is 4.56. The molecule has 25 heavy (non-hydrogen) atoms. The second kappa shape index (κ2) is 6.34. The zero-order valence-electron chi connectivity index (χ0n) is 14.8. The lowest BCUT2D eigenvalue weighted by Crippen LogP contribution is -2.52. The van der Waals surface area contributed by atoms with Crippen molar-refractivity contribution < 1.29 is 18.7 Å². The third-order valence-electron chi connectivity index (χ3n) is 5.92. The molecule has 6 heteroatoms. The van der Waals surface area contributed by atoms with Crippen LogP contribution in [0, 0.1) is 5.82 Å². The molecule has 2 bridgehead atoms. The van der Waals surface area contributed by atoms with E-state index in [1.54, 1.807) is 6.07 Å². The van der Waals surface area contributed by atoms with Crippen LogP contribution in [0.15, 0.2) is 12.1 Å². The first-order valence-corrected chi connectivity index (χ1v) is 9.04. The van der Waals surface area contributed by atoms with Crippen LogP contribution in [0.3, 0.4) is 0 Å². The number of halogens is 1. The first kappa shape index (κ1) is 16.9. The van der Waals surface area contributed by atoms with E-state index in [1.165, 1.54) is 13.2 Å². The van der Waals surface area contributed by atoms with Gasteiger partial charge >= 0.3 is 5.97 Å². The van der Waals surface area contributed by atoms with Gasteiger partial charge < -0.3 is 14.8 Å². The Morgan fingerprint density at radius 2 is 2.36 bits per heavy atom. The molecule has 2 fully saturated rings. The number of fused-ring (bicyclic) bond motifs is 3. The van der Waals surface area contributed by atoms with Crippen LogP contribution in [-0.2, 0) is 22.4 Å². The normalized spacial score (nSPS) is 31.2. The second-order valence-corrected chi connectivity index (χ2v) is 7.53. The van der Waals surface area contributed by atoms with Crippen LogP contribution < -0.4 is 5.32 Å². The number of hydrogen-bond acceptors (Lipinski definition) is 5. The van der Waals surface area contributed by atoms with Gasteiger partial charge in [-0.2, -0.15) is 0 Å². The van der Waals surface area contributed by atoms with Gasteiger partial charge in [0.05, 0.1) is 24.9 Å². The molecule has 3 atom stereocenters. The number of benzene rings is 1. The summed E-state index contributed by atoms with van der Waals surface area (Å²) in [5.74, 6) is -0.791. The van der Waals surface area contributed by atoms with Crippen molar-refractivity contribution in [3.8, 4) is 0 Å². The van der Waals surface area contributed by atoms with Crippen LogP contribution in [-0.4, -0.2) is 55.4 Å². The summed E-state index contributed by atoms with van der Waals surface area (Å²) in [7, 11) is 1.32. The molecule has 3 heterocycles. The summed E-state index contributed by atoms with van der Waals surface area (Å²) in [5.41, 5.74) is 1.80. The number of rotatable bonds is 4. The summed E-state index contributed by atoms with van der Waals surface area (Å²) in [6.07, 6.45) is 2.68. The number of morpholine rings is 1. The second-order valence-electron chi connectivity index (χ2n) is 7.53. The predicted octanol–water partition coefficient (Wildman–Crippen LogP) is 1.88. The van der Waals surface area contributed by atoms with Crippen molar-refractivity contribution in [2.24, 2.45) is 0 Å². The van der Waals surface area contributed by atoms with E-state index in [0.29, 0.717) is 25.0 Å². The van der Waals surface area contributed by atoms with Gasteiger partial charge in [0.15, 0.2) is 0 Å². The standard InChI is InChI=1S/C19H25FN2O3/c1-3-15-6-16-13(4-12(5-17(16)20)18(23)24-2)8-22(15)11-19-7-14(9-25-19)21-10-19/h4-5,14-15,21H,3,6-11H2,1-2H3/t14-,15-,19-/m1/s1. The van der Waals surface area contributed by atoms with Crippen molar-refractivity contribution in [1.29, 1.82) is 0 Å². The van der Waals surface area contributed by atoms with Crippen molar-refractivity contribution in [3.05, 3.63) is 34.6 Å². The molecule has 0 amide bonds. The number of nitrogens with zero attached hydrogens (tertiary/aromatic N) is 1. The van der Waals surface area contributed by atoms with Gasteiger partial charge in [0.25, 0.3) is 0 Å². The Balaban J connectivity index is 1.61. The van der Waals surface area contributed by atoms with E-state index in [-0.39, 0.29) is 17.0 Å². The van der Waals surface area contributed by atoms with Crippen LogP contribution >= 0.6 is 0 Å². The maximum atomic E-state index is 14.6. The molecule has 0 aliphatic carbocycles. The van der Waals surface area contributed by atoms with Gasteiger partial charge in [0.1, 0.15) is 5.82 Å². The Morgan fingerprint density at radius 1 is 1.52 bits per heavy atom. The molecule has 1 aromatic rings. The smallest absolute Gasteiger partial charge is 0.337 e. The van der Waals surface area contributed by atoms with Crippen LogP contribution in [0.2, 0.25) is 0 Å². The zero-order valence-corrected chi connectivity index (χ0v) is 14.8. The van der Waals surface area contributed by atoms with Gasteiger partial charge in [0, 0.05) is 31.7 Å². The molecule has 0 unspecified atom stereocenters. The molecule has 3 aliphatic rings. The highest BCUT2D eigenvalue weighted by atomic mass is 19.1. The van der Waals surface area contributed by atoms with Crippen molar-refractivity contribution in [2.45, 2.75) is 50.4 Å². The lowest BCUT2D eigenvalue weighted by atomic mass is 9.89. The average molecular weight is 348 g/mol. The summed E-state index contributed by atoms with van der Waals surface area (Å²) in [6, 6.07) is 3.85. The molecular weight excluding hydrogens is 323 g/mol. The van der Waals surface area contributed by atoms with Crippen molar-refractivity contribution in [3.63, 3.8) is 0 Å². The minimum Gasteiger partial charge on any atom is -0.465 e. The molecule has 0 radical (unpaired) electrons. The Kier molecular flexibility index (Phi) is 4.30. The first-order chi connectivity index (χ1) is 12.0. The number of hydrogen-bond donors (Lipinski definition) is 1. The number of ether oxygens (including phenoxy) is 2. The van der Waals surface area contributed by atoms with E-state index in [4.69, 9.17) is 9.47 Å². The molecule has 3 aliphatic heterocycles. The Bertz CT molecular complexity index is 685. The fourth-order valence-corrected chi connectivity index (χ4v) is 4.56. The number of carbonyl (C=O) groups excluding carboxylic acids is 1. The zero-order chi connectivity index (χ0) is 17.6. The fraction of sp³-hybridized carbons (Fsp3) is 0.632. The summed E-state index contributed by atoms with van der Waals surface area (Å²) < 4.78 is 25.4. The first-order valence-electron chi connectivity index (χ1n) is 9.04. The topological polar surface area (TPSA) is 50.8 Å². The molecule has 5 nitrogen and oxygen atoms in total. The van der Waals surface area contributed by atoms with E-state index in [0.717, 1.165) is 43.7 Å². The summed E-state index contributed by atoms with van der Waals surface area (Å²) in [5, 5.41) is 3.51. The molecule has 0 aromatic heterocycles. The summed E-state index contributed by atoms with van der Waals surface area (Å²) >= 11 is 0. The summed E-state index contributed by atoms with van der Waals surface area (Å²) in [6.45, 7) is 5.30. The molecule has 2 saturated heterocycles. The van der Waals surface area contributed by atoms with Gasteiger partial charge in [-0.15, -0.1) is 0 Å². The van der Waals surface area contributed by atoms with Crippen molar-refractivity contribution in [1.82, 2.24) is 10.2 Å². The van der Waals surface area contributed by atoms with E-state index >= 15 is 0 Å². The highest BCUT2D eigenvalue weighted by molar-refractivity contribution is 5.89. The predicted molar refractivity (Wildman–Crippen MR) is 91.0 cm³/mol. The minimum atomic E-state index is -0.494. The SMILES string of the molecule is CC[C@@H]1Cc2c(F)cc(C(=O)OC)cc2CN1C[C@@]12CN[C@@H](CO1)C2. The average Bonchev–Trinajstić information content (AvgIpc) is 3.20. The highest BCUT2D eigenvalue weighted by Gasteiger charge is 2.48. The lowest BCUT2D eigenvalue weighted by molar-refractivity contribution is -0.0423. The number of nitrogens with one attached hydrogen (secondary N) is 1. The maximum Gasteiger partial charge on any atom is 0.337 e. The van der Waals surface area contributed by atoms with E-state index in [1.807, 2.05) is 0 Å². The third kappa shape index (κ3) is 2.96. The Labute approximate surface area is 147 Å². The Morgan fingerprint density at radius 3 is 2.96 bits per heavy atom. The monoisotopic (exact) mass is 348 g/mol. The van der Waals surface area contributed by atoms with Crippen molar-refractivity contribution in [2.75, 3.05) is 26.8 Å². The third-order valence-corrected chi connectivity index (χ3v) is 5.92. The van der Waals surface area contributed by atoms with Crippen molar-refractivity contribution >= 4 is 5.97 Å². The number of esters is 1. The van der Waals surface area contributed by atoms with Gasteiger partial charge in [-0.05, 0) is 42.5 Å². The highest BCUT2D eigenvalue weighted by Crippen LogP contribution is 2.36. The minimum absolute atomic E-state index is 0.117. The van der Waals surface area contributed by atoms with Crippen LogP contribution in [0.1, 0.15) is 41.3 Å². The van der Waals surface area contributed by atoms with Crippen LogP contribution in [0.5, 0.6) is 0 Å². The molecule has 0 spiro atoms. The molecular formula is C19H25FN2O3. The lowest BCUT2D eigenvalue weighted by Gasteiger charge is -2.41. The largest absolute Gasteiger partial charge is 0.465 e. The molecule has 4 rings (SSSR count). The molecule has 1 aromatic carbocycles. The van der Waals surface area contributed by atoms with Crippen LogP contribution in [0.25, 0.3) is 0 Å². The van der Waals surface area contributed by atoms with E-state index < -0.39 is 5.97 Å².